The summed E-state index contributed by atoms with van der Waals surface area (Å²) < 4.78 is 0. The maximum atomic E-state index is 11.2. The molecule has 33 heavy (non-hydrogen) atoms. The van der Waals surface area contributed by atoms with Crippen molar-refractivity contribution in [3.05, 3.63) is 59.7 Å². The fraction of sp³-hybridized carbons (Fsp3) is 0.464. The molecule has 0 aliphatic carbocycles. The van der Waals surface area contributed by atoms with Crippen molar-refractivity contribution in [3.8, 4) is 11.1 Å². The van der Waals surface area contributed by atoms with Gasteiger partial charge in [-0.1, -0.05) is 76.2 Å². The Morgan fingerprint density at radius 1 is 0.818 bits per heavy atom. The standard InChI is InChI=1S/C17H18O2.C7H13NO2.2C2H6/c1-13(19)15-8-10-17(11-9-15)16-6-4-14(5-7-16)3-2-12-18;1-5(9)7(2,3)6(10)8-4;2*1-2/h4-11,18H,2-3,12H2,1H3;1-4H3,(H,8,10);2*1-2H3. The summed E-state index contributed by atoms with van der Waals surface area (Å²) in [5.74, 6) is -0.266. The van der Waals surface area contributed by atoms with Crippen LogP contribution in [0.4, 0.5) is 0 Å². The topological polar surface area (TPSA) is 83.5 Å². The molecule has 0 unspecified atom stereocenters. The highest BCUT2D eigenvalue weighted by Crippen LogP contribution is 2.21. The predicted molar refractivity (Wildman–Crippen MR) is 139 cm³/mol. The normalized spacial score (nSPS) is 9.64. The Balaban J connectivity index is 0. The second-order valence-electron chi connectivity index (χ2n) is 7.42. The summed E-state index contributed by atoms with van der Waals surface area (Å²) in [6.07, 6.45) is 1.70. The number of aliphatic hydroxyl groups is 1. The molecule has 0 spiro atoms. The lowest BCUT2D eigenvalue weighted by molar-refractivity contribution is -0.138. The molecule has 0 aliphatic heterocycles. The summed E-state index contributed by atoms with van der Waals surface area (Å²) in [6.45, 7) is 14.4. The molecule has 0 radical (unpaired) electrons. The van der Waals surface area contributed by atoms with E-state index in [4.69, 9.17) is 5.11 Å². The molecule has 1 amide bonds. The second-order valence-corrected chi connectivity index (χ2v) is 7.42. The van der Waals surface area contributed by atoms with Gasteiger partial charge in [0, 0.05) is 19.2 Å². The van der Waals surface area contributed by atoms with Crippen LogP contribution in [0.1, 0.15) is 77.7 Å². The van der Waals surface area contributed by atoms with Crippen LogP contribution in [0.3, 0.4) is 0 Å². The van der Waals surface area contributed by atoms with Gasteiger partial charge in [0.05, 0.1) is 0 Å². The van der Waals surface area contributed by atoms with Gasteiger partial charge >= 0.3 is 0 Å². The smallest absolute Gasteiger partial charge is 0.232 e. The van der Waals surface area contributed by atoms with Crippen LogP contribution in [0.2, 0.25) is 0 Å². The maximum Gasteiger partial charge on any atom is 0.232 e. The third-order valence-corrected chi connectivity index (χ3v) is 4.88. The Bertz CT molecular complexity index is 822. The summed E-state index contributed by atoms with van der Waals surface area (Å²) in [6, 6.07) is 16.0. The first kappa shape index (κ1) is 32.4. The summed E-state index contributed by atoms with van der Waals surface area (Å²) in [4.78, 5) is 33.0. The average molecular weight is 458 g/mol. The highest BCUT2D eigenvalue weighted by atomic mass is 16.3. The van der Waals surface area contributed by atoms with E-state index in [2.05, 4.69) is 29.6 Å². The number of rotatable bonds is 7. The van der Waals surface area contributed by atoms with E-state index in [1.807, 2.05) is 52.0 Å². The number of hydrogen-bond acceptors (Lipinski definition) is 4. The number of carbonyl (C=O) groups excluding carboxylic acids is 3. The zero-order valence-electron chi connectivity index (χ0n) is 21.9. The molecule has 5 heteroatoms. The molecule has 0 fully saturated rings. The van der Waals surface area contributed by atoms with E-state index in [1.54, 1.807) is 20.8 Å². The third kappa shape index (κ3) is 11.6. The molecule has 0 saturated carbocycles. The van der Waals surface area contributed by atoms with Gasteiger partial charge in [0.2, 0.25) is 5.91 Å². The van der Waals surface area contributed by atoms with Crippen LogP contribution >= 0.6 is 0 Å². The van der Waals surface area contributed by atoms with E-state index in [0.717, 1.165) is 29.5 Å². The summed E-state index contributed by atoms with van der Waals surface area (Å²) in [7, 11) is 1.52. The molecule has 2 aromatic carbocycles. The minimum atomic E-state index is -0.880. The van der Waals surface area contributed by atoms with Gasteiger partial charge < -0.3 is 10.4 Å². The Labute approximate surface area is 200 Å². The lowest BCUT2D eigenvalue weighted by Gasteiger charge is -2.17. The zero-order valence-corrected chi connectivity index (χ0v) is 21.9. The SMILES string of the molecule is CC.CC.CC(=O)c1ccc(-c2ccc(CCCO)cc2)cc1.CNC(=O)C(C)(C)C(C)=O. The average Bonchev–Trinajstić information content (AvgIpc) is 2.85. The predicted octanol–water partition coefficient (Wildman–Crippen LogP) is 5.88. The Kier molecular flexibility index (Phi) is 17.4. The molecule has 2 N–H and O–H groups in total. The van der Waals surface area contributed by atoms with Gasteiger partial charge in [-0.15, -0.1) is 0 Å². The van der Waals surface area contributed by atoms with Gasteiger partial charge in [0.1, 0.15) is 11.2 Å². The number of aryl methyl sites for hydroxylation is 1. The lowest BCUT2D eigenvalue weighted by atomic mass is 9.88. The van der Waals surface area contributed by atoms with Gasteiger partial charge in [-0.05, 0) is 57.2 Å². The number of amides is 1. The fourth-order valence-electron chi connectivity index (χ4n) is 2.52. The third-order valence-electron chi connectivity index (χ3n) is 4.88. The van der Waals surface area contributed by atoms with E-state index >= 15 is 0 Å². The first-order chi connectivity index (χ1) is 15.6. The molecule has 0 atom stereocenters. The van der Waals surface area contributed by atoms with Crippen LogP contribution in [-0.4, -0.2) is 36.2 Å². The minimum Gasteiger partial charge on any atom is -0.396 e. The highest BCUT2D eigenvalue weighted by molar-refractivity contribution is 6.04. The number of aliphatic hydroxyl groups excluding tert-OH is 1. The molecule has 0 saturated heterocycles. The molecule has 0 heterocycles. The van der Waals surface area contributed by atoms with Gasteiger partial charge in [-0.25, -0.2) is 0 Å². The van der Waals surface area contributed by atoms with Crippen molar-refractivity contribution < 1.29 is 19.5 Å². The number of nitrogens with one attached hydrogen (secondary N) is 1. The van der Waals surface area contributed by atoms with Crippen LogP contribution < -0.4 is 5.32 Å². The lowest BCUT2D eigenvalue weighted by Crippen LogP contribution is -2.39. The van der Waals surface area contributed by atoms with Gasteiger partial charge in [-0.3, -0.25) is 14.4 Å². The minimum absolute atomic E-state index is 0.0888. The van der Waals surface area contributed by atoms with Crippen molar-refractivity contribution in [2.45, 2.75) is 68.2 Å². The first-order valence-electron chi connectivity index (χ1n) is 11.7. The van der Waals surface area contributed by atoms with Crippen molar-refractivity contribution in [3.63, 3.8) is 0 Å². The van der Waals surface area contributed by atoms with E-state index in [9.17, 15) is 14.4 Å². The molecular formula is C28H43NO4. The summed E-state index contributed by atoms with van der Waals surface area (Å²) >= 11 is 0. The summed E-state index contributed by atoms with van der Waals surface area (Å²) in [5.41, 5.74) is 3.34. The Morgan fingerprint density at radius 3 is 1.55 bits per heavy atom. The molecule has 0 aromatic heterocycles. The molecule has 0 bridgehead atoms. The maximum absolute atomic E-state index is 11.2. The van der Waals surface area contributed by atoms with Gasteiger partial charge in [0.25, 0.3) is 0 Å². The van der Waals surface area contributed by atoms with Crippen molar-refractivity contribution >= 4 is 17.5 Å². The van der Waals surface area contributed by atoms with Gasteiger partial charge in [0.15, 0.2) is 5.78 Å². The Hall–Kier alpha value is -2.79. The van der Waals surface area contributed by atoms with Crippen LogP contribution in [0.5, 0.6) is 0 Å². The van der Waals surface area contributed by atoms with Crippen LogP contribution in [0.15, 0.2) is 48.5 Å². The van der Waals surface area contributed by atoms with Crippen LogP contribution in [0, 0.1) is 5.41 Å². The second kappa shape index (κ2) is 17.7. The van der Waals surface area contributed by atoms with E-state index in [-0.39, 0.29) is 24.1 Å². The largest absolute Gasteiger partial charge is 0.396 e. The zero-order chi connectivity index (χ0) is 26.0. The fourth-order valence-corrected chi connectivity index (χ4v) is 2.52. The number of Topliss-reactive ketones (excluding diaryl/α,β-unsaturated/α-hetero) is 2. The molecule has 2 rings (SSSR count). The number of hydrogen-bond donors (Lipinski definition) is 2. The quantitative estimate of drug-likeness (QED) is 0.402. The van der Waals surface area contributed by atoms with Crippen molar-refractivity contribution in [2.24, 2.45) is 5.41 Å². The van der Waals surface area contributed by atoms with E-state index in [0.29, 0.717) is 0 Å². The number of benzene rings is 2. The molecule has 184 valence electrons. The molecule has 0 aliphatic rings. The monoisotopic (exact) mass is 457 g/mol. The van der Waals surface area contributed by atoms with Crippen molar-refractivity contribution in [1.29, 1.82) is 0 Å². The van der Waals surface area contributed by atoms with E-state index in [1.165, 1.54) is 19.5 Å². The van der Waals surface area contributed by atoms with Crippen molar-refractivity contribution in [2.75, 3.05) is 13.7 Å². The van der Waals surface area contributed by atoms with E-state index < -0.39 is 5.41 Å². The van der Waals surface area contributed by atoms with Crippen molar-refractivity contribution in [1.82, 2.24) is 5.32 Å². The summed E-state index contributed by atoms with van der Waals surface area (Å²) in [5, 5.41) is 11.2. The number of carbonyl (C=O) groups is 3. The highest BCUT2D eigenvalue weighted by Gasteiger charge is 2.31. The first-order valence-corrected chi connectivity index (χ1v) is 11.7. The van der Waals surface area contributed by atoms with Gasteiger partial charge in [-0.2, -0.15) is 0 Å². The van der Waals surface area contributed by atoms with Crippen LogP contribution in [-0.2, 0) is 16.0 Å². The molecular weight excluding hydrogens is 414 g/mol. The molecule has 5 nitrogen and oxygen atoms in total. The molecule has 2 aromatic rings. The van der Waals surface area contributed by atoms with Crippen LogP contribution in [0.25, 0.3) is 11.1 Å². The number of ketones is 2. The Morgan fingerprint density at radius 2 is 1.24 bits per heavy atom.